The molecule has 0 bridgehead atoms. The second kappa shape index (κ2) is 3.87. The molecule has 1 aromatic carbocycles. The van der Waals surface area contributed by atoms with E-state index in [2.05, 4.69) is 19.4 Å². The summed E-state index contributed by atoms with van der Waals surface area (Å²) in [6, 6.07) is 2.88. The van der Waals surface area contributed by atoms with E-state index in [1.54, 1.807) is 6.92 Å². The third-order valence-corrected chi connectivity index (χ3v) is 2.12. The Morgan fingerprint density at radius 2 is 1.76 bits per heavy atom. The fourth-order valence-electron chi connectivity index (χ4n) is 1.58. The normalized spacial score (nSPS) is 15.6. The van der Waals surface area contributed by atoms with Crippen molar-refractivity contribution in [2.24, 2.45) is 0 Å². The molecule has 92 valence electrons. The Bertz CT molecular complexity index is 507. The van der Waals surface area contributed by atoms with Crippen molar-refractivity contribution in [2.75, 3.05) is 0 Å². The number of rotatable bonds is 0. The van der Waals surface area contributed by atoms with E-state index in [0.29, 0.717) is 16.9 Å². The number of aromatic nitrogens is 2. The largest absolute Gasteiger partial charge is 0.586 e. The van der Waals surface area contributed by atoms with Crippen LogP contribution in [0.4, 0.5) is 8.78 Å². The van der Waals surface area contributed by atoms with E-state index in [4.69, 9.17) is 0 Å². The molecule has 2 heterocycles. The van der Waals surface area contributed by atoms with Crippen LogP contribution in [0.2, 0.25) is 0 Å². The molecule has 0 aliphatic carbocycles. The molecule has 6 heteroatoms. The smallest absolute Gasteiger partial charge is 0.395 e. The lowest BCUT2D eigenvalue weighted by molar-refractivity contribution is -0.286. The van der Waals surface area contributed by atoms with Gasteiger partial charge >= 0.3 is 6.29 Å². The van der Waals surface area contributed by atoms with Crippen molar-refractivity contribution in [3.05, 3.63) is 18.0 Å². The van der Waals surface area contributed by atoms with Gasteiger partial charge in [-0.15, -0.1) is 8.78 Å². The molecule has 0 fully saturated rings. The Balaban J connectivity index is 0.000000514. The summed E-state index contributed by atoms with van der Waals surface area (Å²) in [6.07, 6.45) is -3.57. The van der Waals surface area contributed by atoms with E-state index in [1.165, 1.54) is 12.1 Å². The predicted octanol–water partition coefficient (Wildman–Crippen LogP) is 3.22. The Kier molecular flexibility index (Phi) is 2.65. The van der Waals surface area contributed by atoms with E-state index < -0.39 is 6.29 Å². The summed E-state index contributed by atoms with van der Waals surface area (Å²) in [5.74, 6) is 0.746. The van der Waals surface area contributed by atoms with Crippen molar-refractivity contribution < 1.29 is 18.3 Å². The number of nitrogens with zero attached hydrogens (tertiary/aromatic N) is 1. The van der Waals surface area contributed by atoms with Gasteiger partial charge in [0.05, 0.1) is 11.0 Å². The van der Waals surface area contributed by atoms with E-state index in [-0.39, 0.29) is 11.5 Å². The topological polar surface area (TPSA) is 47.1 Å². The molecular formula is C11H12F2N2O2. The number of hydrogen-bond acceptors (Lipinski definition) is 3. The Hall–Kier alpha value is -1.85. The highest BCUT2D eigenvalue weighted by Crippen LogP contribution is 2.42. The van der Waals surface area contributed by atoms with Gasteiger partial charge in [-0.3, -0.25) is 0 Å². The first kappa shape index (κ1) is 11.6. The molecule has 1 aliphatic heterocycles. The van der Waals surface area contributed by atoms with Crippen molar-refractivity contribution in [2.45, 2.75) is 27.1 Å². The monoisotopic (exact) mass is 242 g/mol. The average Bonchev–Trinajstić information content (AvgIpc) is 2.73. The molecule has 0 saturated heterocycles. The number of benzene rings is 1. The number of hydrogen-bond donors (Lipinski definition) is 1. The number of halogens is 2. The molecule has 1 aliphatic rings. The van der Waals surface area contributed by atoms with Gasteiger partial charge in [-0.1, -0.05) is 13.8 Å². The minimum atomic E-state index is -3.57. The highest BCUT2D eigenvalue weighted by atomic mass is 19.3. The first-order valence-corrected chi connectivity index (χ1v) is 5.30. The minimum Gasteiger partial charge on any atom is -0.395 e. The summed E-state index contributed by atoms with van der Waals surface area (Å²) in [5, 5.41) is 0. The number of imidazole rings is 1. The summed E-state index contributed by atoms with van der Waals surface area (Å²) in [4.78, 5) is 7.03. The van der Waals surface area contributed by atoms with Gasteiger partial charge in [0.25, 0.3) is 0 Å². The number of ether oxygens (including phenoxy) is 2. The minimum absolute atomic E-state index is 0.0130. The molecule has 0 amide bonds. The maximum atomic E-state index is 12.7. The summed E-state index contributed by atoms with van der Waals surface area (Å²) < 4.78 is 34.0. The summed E-state index contributed by atoms with van der Waals surface area (Å²) >= 11 is 0. The van der Waals surface area contributed by atoms with Gasteiger partial charge < -0.3 is 14.5 Å². The van der Waals surface area contributed by atoms with Crippen LogP contribution in [-0.2, 0) is 0 Å². The van der Waals surface area contributed by atoms with E-state index in [0.717, 1.165) is 0 Å². The maximum absolute atomic E-state index is 12.7. The van der Waals surface area contributed by atoms with Crippen LogP contribution in [0.1, 0.15) is 19.7 Å². The second-order valence-corrected chi connectivity index (χ2v) is 3.31. The van der Waals surface area contributed by atoms with Crippen molar-refractivity contribution in [1.82, 2.24) is 9.97 Å². The molecular weight excluding hydrogens is 230 g/mol. The van der Waals surface area contributed by atoms with Crippen LogP contribution in [0.15, 0.2) is 12.1 Å². The molecule has 17 heavy (non-hydrogen) atoms. The van der Waals surface area contributed by atoms with E-state index in [1.807, 2.05) is 13.8 Å². The van der Waals surface area contributed by atoms with Crippen LogP contribution in [0.25, 0.3) is 11.0 Å². The predicted molar refractivity (Wildman–Crippen MR) is 58.4 cm³/mol. The van der Waals surface area contributed by atoms with Crippen LogP contribution in [0, 0.1) is 6.92 Å². The molecule has 0 radical (unpaired) electrons. The Morgan fingerprint density at radius 1 is 1.18 bits per heavy atom. The molecule has 3 rings (SSSR count). The number of aromatic amines is 1. The molecule has 0 unspecified atom stereocenters. The van der Waals surface area contributed by atoms with Gasteiger partial charge in [-0.2, -0.15) is 0 Å². The number of H-pyrrole nitrogens is 1. The first-order valence-electron chi connectivity index (χ1n) is 5.30. The summed E-state index contributed by atoms with van der Waals surface area (Å²) in [6.45, 7) is 5.78. The van der Waals surface area contributed by atoms with Crippen LogP contribution < -0.4 is 9.47 Å². The summed E-state index contributed by atoms with van der Waals surface area (Å²) in [7, 11) is 0. The highest BCUT2D eigenvalue weighted by Gasteiger charge is 2.43. The maximum Gasteiger partial charge on any atom is 0.586 e. The molecule has 4 nitrogen and oxygen atoms in total. The molecule has 0 saturated carbocycles. The third-order valence-electron chi connectivity index (χ3n) is 2.12. The first-order chi connectivity index (χ1) is 8.03. The molecule has 0 spiro atoms. The van der Waals surface area contributed by atoms with Crippen molar-refractivity contribution in [1.29, 1.82) is 0 Å². The van der Waals surface area contributed by atoms with Gasteiger partial charge in [0.1, 0.15) is 5.82 Å². The van der Waals surface area contributed by atoms with Gasteiger partial charge in [0.15, 0.2) is 11.5 Å². The van der Waals surface area contributed by atoms with Crippen LogP contribution in [0.3, 0.4) is 0 Å². The fraction of sp³-hybridized carbons (Fsp3) is 0.364. The van der Waals surface area contributed by atoms with Crippen LogP contribution in [-0.4, -0.2) is 16.3 Å². The van der Waals surface area contributed by atoms with E-state index in [9.17, 15) is 8.78 Å². The standard InChI is InChI=1S/C9H6F2N2O2.C2H6/c1-4-12-5-2-7-8(3-6(5)13-4)15-9(10,11)14-7;1-2/h2-3H,1H3,(H,12,13);1-2H3. The lowest BCUT2D eigenvalue weighted by Crippen LogP contribution is -2.25. The molecule has 2 aromatic rings. The van der Waals surface area contributed by atoms with Gasteiger partial charge in [0.2, 0.25) is 0 Å². The van der Waals surface area contributed by atoms with E-state index >= 15 is 0 Å². The molecule has 1 aromatic heterocycles. The number of nitrogens with one attached hydrogen (secondary N) is 1. The molecule has 1 N–H and O–H groups in total. The zero-order valence-electron chi connectivity index (χ0n) is 9.67. The zero-order valence-corrected chi connectivity index (χ0v) is 9.67. The fourth-order valence-corrected chi connectivity index (χ4v) is 1.58. The zero-order chi connectivity index (χ0) is 12.6. The van der Waals surface area contributed by atoms with Crippen molar-refractivity contribution >= 4 is 11.0 Å². The van der Waals surface area contributed by atoms with Crippen molar-refractivity contribution in [3.63, 3.8) is 0 Å². The summed E-state index contributed by atoms with van der Waals surface area (Å²) in [5.41, 5.74) is 1.22. The SMILES string of the molecule is CC.Cc1nc2cc3c(cc2[nH]1)OC(F)(F)O3. The van der Waals surface area contributed by atoms with Gasteiger partial charge in [-0.25, -0.2) is 4.98 Å². The lowest BCUT2D eigenvalue weighted by Gasteiger charge is -2.04. The number of fused-ring (bicyclic) bond motifs is 2. The lowest BCUT2D eigenvalue weighted by atomic mass is 10.3. The molecule has 0 atom stereocenters. The third kappa shape index (κ3) is 2.02. The average molecular weight is 242 g/mol. The highest BCUT2D eigenvalue weighted by molar-refractivity contribution is 5.80. The van der Waals surface area contributed by atoms with Crippen LogP contribution >= 0.6 is 0 Å². The Morgan fingerprint density at radius 3 is 2.41 bits per heavy atom. The second-order valence-electron chi connectivity index (χ2n) is 3.31. The number of aryl methyl sites for hydroxylation is 1. The Labute approximate surface area is 96.6 Å². The number of alkyl halides is 2. The quantitative estimate of drug-likeness (QED) is 0.771. The van der Waals surface area contributed by atoms with Gasteiger partial charge in [0, 0.05) is 12.1 Å². The van der Waals surface area contributed by atoms with Crippen LogP contribution in [0.5, 0.6) is 11.5 Å². The van der Waals surface area contributed by atoms with Crippen molar-refractivity contribution in [3.8, 4) is 11.5 Å². The van der Waals surface area contributed by atoms with Gasteiger partial charge in [-0.05, 0) is 6.92 Å².